The SMILES string of the molecule is N=C1C=C(N2CCCc3cc(C(=O)N4CCCC4)[nH]c32)C=N1. The molecule has 3 aliphatic heterocycles. The van der Waals surface area contributed by atoms with Gasteiger partial charge in [0.2, 0.25) is 0 Å². The van der Waals surface area contributed by atoms with Crippen molar-refractivity contribution in [3.8, 4) is 0 Å². The number of allylic oxidation sites excluding steroid dienone is 1. The van der Waals surface area contributed by atoms with Crippen molar-refractivity contribution in [3.05, 3.63) is 29.1 Å². The van der Waals surface area contributed by atoms with Crippen molar-refractivity contribution in [3.63, 3.8) is 0 Å². The zero-order valence-corrected chi connectivity index (χ0v) is 12.4. The standard InChI is InChI=1S/C16H19N5O/c17-14-9-12(10-18-14)21-7-3-4-11-8-13(19-15(11)21)16(22)20-5-1-2-6-20/h8-10,17,19H,1-7H2. The molecule has 4 rings (SSSR count). The summed E-state index contributed by atoms with van der Waals surface area (Å²) in [5.41, 5.74) is 2.79. The van der Waals surface area contributed by atoms with E-state index < -0.39 is 0 Å². The summed E-state index contributed by atoms with van der Waals surface area (Å²) >= 11 is 0. The first-order chi connectivity index (χ1) is 10.7. The van der Waals surface area contributed by atoms with Crippen molar-refractivity contribution >= 4 is 23.8 Å². The molecule has 0 bridgehead atoms. The molecular formula is C16H19N5O. The van der Waals surface area contributed by atoms with Gasteiger partial charge >= 0.3 is 0 Å². The van der Waals surface area contributed by atoms with Gasteiger partial charge in [-0.25, -0.2) is 4.99 Å². The Morgan fingerprint density at radius 1 is 1.23 bits per heavy atom. The molecule has 2 N–H and O–H groups in total. The number of H-pyrrole nitrogens is 1. The first kappa shape index (κ1) is 13.3. The van der Waals surface area contributed by atoms with E-state index >= 15 is 0 Å². The average molecular weight is 297 g/mol. The van der Waals surface area contributed by atoms with Crippen molar-refractivity contribution in [1.82, 2.24) is 9.88 Å². The van der Waals surface area contributed by atoms with Gasteiger partial charge in [-0.2, -0.15) is 0 Å². The fraction of sp³-hybridized carbons (Fsp3) is 0.438. The largest absolute Gasteiger partial charge is 0.337 e. The summed E-state index contributed by atoms with van der Waals surface area (Å²) in [6.45, 7) is 2.61. The third kappa shape index (κ3) is 2.15. The molecule has 0 unspecified atom stereocenters. The van der Waals surface area contributed by atoms with Gasteiger partial charge in [-0.05, 0) is 37.3 Å². The molecular weight excluding hydrogens is 278 g/mol. The Labute approximate surface area is 129 Å². The zero-order valence-electron chi connectivity index (χ0n) is 12.4. The van der Waals surface area contributed by atoms with Crippen LogP contribution in [0.5, 0.6) is 0 Å². The molecule has 1 saturated heterocycles. The van der Waals surface area contributed by atoms with Gasteiger partial charge in [0, 0.05) is 25.7 Å². The van der Waals surface area contributed by atoms with E-state index in [4.69, 9.17) is 5.41 Å². The second-order valence-electron chi connectivity index (χ2n) is 6.02. The van der Waals surface area contributed by atoms with E-state index in [0.717, 1.165) is 56.8 Å². The van der Waals surface area contributed by atoms with Crippen molar-refractivity contribution in [1.29, 1.82) is 5.41 Å². The van der Waals surface area contributed by atoms with Crippen LogP contribution in [0.15, 0.2) is 22.8 Å². The first-order valence-corrected chi connectivity index (χ1v) is 7.85. The number of likely N-dealkylation sites (tertiary alicyclic amines) is 1. The molecule has 0 spiro atoms. The maximum Gasteiger partial charge on any atom is 0.270 e. The number of aryl methyl sites for hydroxylation is 1. The quantitative estimate of drug-likeness (QED) is 0.875. The fourth-order valence-corrected chi connectivity index (χ4v) is 3.42. The molecule has 1 amide bonds. The third-order valence-corrected chi connectivity index (χ3v) is 4.53. The van der Waals surface area contributed by atoms with Crippen LogP contribution in [0.3, 0.4) is 0 Å². The number of hydrogen-bond acceptors (Lipinski definition) is 3. The highest BCUT2D eigenvalue weighted by Crippen LogP contribution is 2.31. The first-order valence-electron chi connectivity index (χ1n) is 7.85. The fourth-order valence-electron chi connectivity index (χ4n) is 3.42. The summed E-state index contributed by atoms with van der Waals surface area (Å²) in [4.78, 5) is 23.9. The molecule has 22 heavy (non-hydrogen) atoms. The number of nitrogens with one attached hydrogen (secondary N) is 2. The molecule has 0 aromatic carbocycles. The number of nitrogens with zero attached hydrogens (tertiary/aromatic N) is 3. The number of amidine groups is 1. The number of aromatic nitrogens is 1. The monoisotopic (exact) mass is 297 g/mol. The molecule has 3 aliphatic rings. The highest BCUT2D eigenvalue weighted by atomic mass is 16.2. The smallest absolute Gasteiger partial charge is 0.270 e. The van der Waals surface area contributed by atoms with Crippen molar-refractivity contribution in [2.75, 3.05) is 24.5 Å². The van der Waals surface area contributed by atoms with Crippen LogP contribution in [0.2, 0.25) is 0 Å². The summed E-state index contributed by atoms with van der Waals surface area (Å²) in [6, 6.07) is 2.00. The maximum atomic E-state index is 12.5. The van der Waals surface area contributed by atoms with Gasteiger partial charge in [0.1, 0.15) is 17.3 Å². The van der Waals surface area contributed by atoms with Crippen molar-refractivity contribution in [2.24, 2.45) is 4.99 Å². The Kier molecular flexibility index (Phi) is 3.10. The molecule has 0 saturated carbocycles. The molecule has 6 heteroatoms. The Hall–Kier alpha value is -2.37. The Balaban J connectivity index is 1.65. The third-order valence-electron chi connectivity index (χ3n) is 4.53. The number of aliphatic imine (C=N–C) groups is 1. The highest BCUT2D eigenvalue weighted by molar-refractivity contribution is 6.09. The lowest BCUT2D eigenvalue weighted by Gasteiger charge is -2.28. The van der Waals surface area contributed by atoms with Crippen LogP contribution in [-0.2, 0) is 6.42 Å². The lowest BCUT2D eigenvalue weighted by atomic mass is 10.1. The van der Waals surface area contributed by atoms with Crippen LogP contribution in [-0.4, -0.2) is 47.5 Å². The molecule has 114 valence electrons. The summed E-state index contributed by atoms with van der Waals surface area (Å²) in [5.74, 6) is 1.37. The second kappa shape index (κ2) is 5.12. The number of carbonyl (C=O) groups is 1. The van der Waals surface area contributed by atoms with E-state index in [1.165, 1.54) is 5.56 Å². The second-order valence-corrected chi connectivity index (χ2v) is 6.02. The van der Waals surface area contributed by atoms with Crippen LogP contribution >= 0.6 is 0 Å². The number of anilines is 1. The van der Waals surface area contributed by atoms with Crippen molar-refractivity contribution < 1.29 is 4.79 Å². The minimum absolute atomic E-state index is 0.105. The summed E-state index contributed by atoms with van der Waals surface area (Å²) in [6.07, 6.45) is 7.71. The number of carbonyl (C=O) groups excluding carboxylic acids is 1. The molecule has 0 radical (unpaired) electrons. The number of fused-ring (bicyclic) bond motifs is 1. The predicted molar refractivity (Wildman–Crippen MR) is 85.9 cm³/mol. The van der Waals surface area contributed by atoms with E-state index in [0.29, 0.717) is 5.69 Å². The van der Waals surface area contributed by atoms with Crippen LogP contribution in [0, 0.1) is 5.41 Å². The number of rotatable bonds is 2. The van der Waals surface area contributed by atoms with Crippen LogP contribution in [0.4, 0.5) is 5.82 Å². The Morgan fingerprint density at radius 2 is 2.05 bits per heavy atom. The van der Waals surface area contributed by atoms with Gasteiger partial charge in [-0.3, -0.25) is 10.2 Å². The van der Waals surface area contributed by atoms with Gasteiger partial charge in [0.05, 0.1) is 11.9 Å². The number of hydrogen-bond donors (Lipinski definition) is 2. The van der Waals surface area contributed by atoms with E-state index in [1.54, 1.807) is 12.3 Å². The van der Waals surface area contributed by atoms with Gasteiger partial charge in [0.25, 0.3) is 5.91 Å². The maximum absolute atomic E-state index is 12.5. The van der Waals surface area contributed by atoms with Gasteiger partial charge < -0.3 is 14.8 Å². The normalized spacial score (nSPS) is 20.5. The molecule has 0 atom stereocenters. The highest BCUT2D eigenvalue weighted by Gasteiger charge is 2.27. The zero-order chi connectivity index (χ0) is 15.1. The van der Waals surface area contributed by atoms with Gasteiger partial charge in [0.15, 0.2) is 0 Å². The van der Waals surface area contributed by atoms with Gasteiger partial charge in [-0.1, -0.05) is 0 Å². The van der Waals surface area contributed by atoms with Gasteiger partial charge in [-0.15, -0.1) is 0 Å². The lowest BCUT2D eigenvalue weighted by Crippen LogP contribution is -2.29. The molecule has 0 aliphatic carbocycles. The molecule has 1 fully saturated rings. The van der Waals surface area contributed by atoms with Crippen LogP contribution < -0.4 is 4.90 Å². The topological polar surface area (TPSA) is 75.6 Å². The Bertz CT molecular complexity index is 693. The van der Waals surface area contributed by atoms with Crippen LogP contribution in [0.25, 0.3) is 0 Å². The number of aromatic amines is 1. The van der Waals surface area contributed by atoms with E-state index in [-0.39, 0.29) is 11.7 Å². The average Bonchev–Trinajstić information content (AvgIpc) is 3.25. The summed E-state index contributed by atoms with van der Waals surface area (Å²) in [5, 5.41) is 7.60. The van der Waals surface area contributed by atoms with Crippen molar-refractivity contribution in [2.45, 2.75) is 25.7 Å². The Morgan fingerprint density at radius 3 is 2.77 bits per heavy atom. The minimum atomic E-state index is 0.105. The lowest BCUT2D eigenvalue weighted by molar-refractivity contribution is 0.0788. The summed E-state index contributed by atoms with van der Waals surface area (Å²) < 4.78 is 0. The van der Waals surface area contributed by atoms with E-state index in [2.05, 4.69) is 14.9 Å². The molecule has 4 heterocycles. The molecule has 6 nitrogen and oxygen atoms in total. The summed E-state index contributed by atoms with van der Waals surface area (Å²) in [7, 11) is 0. The van der Waals surface area contributed by atoms with E-state index in [9.17, 15) is 4.79 Å². The predicted octanol–water partition coefficient (Wildman–Crippen LogP) is 1.95. The minimum Gasteiger partial charge on any atom is -0.337 e. The van der Waals surface area contributed by atoms with Crippen LogP contribution in [0.1, 0.15) is 35.3 Å². The van der Waals surface area contributed by atoms with E-state index in [1.807, 2.05) is 11.0 Å². The molecule has 1 aromatic heterocycles. The number of amides is 1. The molecule has 1 aromatic rings.